The molecule has 24 heavy (non-hydrogen) atoms. The lowest BCUT2D eigenvalue weighted by Crippen LogP contribution is -2.26. The van der Waals surface area contributed by atoms with Gasteiger partial charge in [-0.3, -0.25) is 0 Å². The maximum absolute atomic E-state index is 12.8. The molecule has 0 bridgehead atoms. The molecular formula is C16H17Br2NO4S. The molecule has 2 aromatic carbocycles. The molecule has 5 nitrogen and oxygen atoms in total. The van der Waals surface area contributed by atoms with Gasteiger partial charge >= 0.3 is 0 Å². The molecule has 0 radical (unpaired) electrons. The molecule has 0 amide bonds. The van der Waals surface area contributed by atoms with Gasteiger partial charge in [-0.25, -0.2) is 8.42 Å². The van der Waals surface area contributed by atoms with Crippen molar-refractivity contribution in [2.24, 2.45) is 0 Å². The van der Waals surface area contributed by atoms with Crippen LogP contribution in [0.25, 0.3) is 0 Å². The van der Waals surface area contributed by atoms with Gasteiger partial charge in [-0.05, 0) is 51.8 Å². The van der Waals surface area contributed by atoms with E-state index in [9.17, 15) is 8.42 Å². The lowest BCUT2D eigenvalue weighted by molar-refractivity contribution is 0.354. The number of benzene rings is 2. The van der Waals surface area contributed by atoms with Crippen LogP contribution < -0.4 is 9.47 Å². The number of methoxy groups -OCH3 is 2. The fourth-order valence-corrected chi connectivity index (χ4v) is 4.78. The van der Waals surface area contributed by atoms with E-state index < -0.39 is 10.0 Å². The maximum Gasteiger partial charge on any atom is 0.244 e. The number of ether oxygens (including phenoxy) is 2. The molecule has 130 valence electrons. The Labute approximate surface area is 158 Å². The van der Waals surface area contributed by atoms with E-state index in [-0.39, 0.29) is 11.4 Å². The third-order valence-corrected chi connectivity index (χ3v) is 6.73. The van der Waals surface area contributed by atoms with Crippen LogP contribution in [-0.2, 0) is 16.6 Å². The summed E-state index contributed by atoms with van der Waals surface area (Å²) in [4.78, 5) is 0.208. The summed E-state index contributed by atoms with van der Waals surface area (Å²) in [6.07, 6.45) is 0. The highest BCUT2D eigenvalue weighted by Gasteiger charge is 2.24. The van der Waals surface area contributed by atoms with Crippen molar-refractivity contribution in [2.75, 3.05) is 21.3 Å². The molecule has 0 N–H and O–H groups in total. The second-order valence-electron chi connectivity index (χ2n) is 5.03. The summed E-state index contributed by atoms with van der Waals surface area (Å²) in [7, 11) is 0.997. The summed E-state index contributed by atoms with van der Waals surface area (Å²) in [5.41, 5.74) is 0.796. The van der Waals surface area contributed by atoms with E-state index in [1.165, 1.54) is 4.31 Å². The number of rotatable bonds is 6. The Balaban J connectivity index is 2.31. The molecule has 0 saturated heterocycles. The highest BCUT2D eigenvalue weighted by atomic mass is 79.9. The van der Waals surface area contributed by atoms with Gasteiger partial charge in [0, 0.05) is 22.5 Å². The molecule has 0 saturated carbocycles. The number of nitrogens with zero attached hydrogens (tertiary/aromatic N) is 1. The van der Waals surface area contributed by atoms with Crippen LogP contribution in [0.1, 0.15) is 5.56 Å². The number of hydrogen-bond acceptors (Lipinski definition) is 4. The van der Waals surface area contributed by atoms with Crippen molar-refractivity contribution in [1.29, 1.82) is 0 Å². The zero-order chi connectivity index (χ0) is 17.9. The lowest BCUT2D eigenvalue weighted by atomic mass is 10.2. The van der Waals surface area contributed by atoms with Crippen molar-refractivity contribution in [1.82, 2.24) is 4.31 Å². The predicted octanol–water partition coefficient (Wildman–Crippen LogP) is 4.05. The first kappa shape index (κ1) is 19.2. The van der Waals surface area contributed by atoms with Crippen molar-refractivity contribution in [3.63, 3.8) is 0 Å². The van der Waals surface area contributed by atoms with Gasteiger partial charge in [-0.1, -0.05) is 22.0 Å². The average molecular weight is 479 g/mol. The van der Waals surface area contributed by atoms with E-state index >= 15 is 0 Å². The molecule has 0 fully saturated rings. The predicted molar refractivity (Wildman–Crippen MR) is 100 cm³/mol. The zero-order valence-electron chi connectivity index (χ0n) is 13.4. The lowest BCUT2D eigenvalue weighted by Gasteiger charge is -2.19. The van der Waals surface area contributed by atoms with E-state index in [0.29, 0.717) is 20.4 Å². The van der Waals surface area contributed by atoms with Crippen LogP contribution in [0.4, 0.5) is 0 Å². The Kier molecular flexibility index (Phi) is 6.30. The van der Waals surface area contributed by atoms with Gasteiger partial charge in [-0.2, -0.15) is 4.31 Å². The standard InChI is InChI=1S/C16H17Br2NO4S/c1-19(10-11-4-7-14(22-2)15(8-11)23-3)24(20,21)16-9-12(17)5-6-13(16)18/h4-9H,10H2,1-3H3. The largest absolute Gasteiger partial charge is 0.493 e. The van der Waals surface area contributed by atoms with Crippen LogP contribution in [0.2, 0.25) is 0 Å². The third kappa shape index (κ3) is 4.11. The molecule has 8 heteroatoms. The summed E-state index contributed by atoms with van der Waals surface area (Å²) in [5, 5.41) is 0. The fraction of sp³-hybridized carbons (Fsp3) is 0.250. The Morgan fingerprint density at radius 3 is 2.29 bits per heavy atom. The van der Waals surface area contributed by atoms with Crippen LogP contribution >= 0.6 is 31.9 Å². The molecule has 2 rings (SSSR count). The van der Waals surface area contributed by atoms with Gasteiger partial charge in [0.1, 0.15) is 0 Å². The second kappa shape index (κ2) is 7.86. The average Bonchev–Trinajstić information content (AvgIpc) is 2.56. The third-order valence-electron chi connectivity index (χ3n) is 3.43. The summed E-state index contributed by atoms with van der Waals surface area (Å²) in [6, 6.07) is 10.4. The highest BCUT2D eigenvalue weighted by Crippen LogP contribution is 2.30. The minimum absolute atomic E-state index is 0.208. The Morgan fingerprint density at radius 1 is 1.00 bits per heavy atom. The van der Waals surface area contributed by atoms with E-state index in [1.54, 1.807) is 51.6 Å². The van der Waals surface area contributed by atoms with Crippen molar-refractivity contribution in [2.45, 2.75) is 11.4 Å². The fourth-order valence-electron chi connectivity index (χ4n) is 2.16. The molecule has 0 aliphatic rings. The minimum atomic E-state index is -3.64. The van der Waals surface area contributed by atoms with Crippen LogP contribution in [0.3, 0.4) is 0 Å². The molecule has 0 aromatic heterocycles. The summed E-state index contributed by atoms with van der Waals surface area (Å²) >= 11 is 6.60. The molecule has 0 aliphatic heterocycles. The minimum Gasteiger partial charge on any atom is -0.493 e. The van der Waals surface area contributed by atoms with Gasteiger partial charge in [0.15, 0.2) is 11.5 Å². The first-order valence-electron chi connectivity index (χ1n) is 6.92. The second-order valence-corrected chi connectivity index (χ2v) is 8.81. The van der Waals surface area contributed by atoms with Gasteiger partial charge in [0.2, 0.25) is 10.0 Å². The van der Waals surface area contributed by atoms with E-state index in [1.807, 2.05) is 6.07 Å². The van der Waals surface area contributed by atoms with Gasteiger partial charge < -0.3 is 9.47 Å². The molecule has 0 spiro atoms. The van der Waals surface area contributed by atoms with E-state index in [4.69, 9.17) is 9.47 Å². The molecule has 2 aromatic rings. The topological polar surface area (TPSA) is 55.8 Å². The normalized spacial score (nSPS) is 11.6. The van der Waals surface area contributed by atoms with E-state index in [0.717, 1.165) is 5.56 Å². The smallest absolute Gasteiger partial charge is 0.244 e. The Morgan fingerprint density at radius 2 is 1.67 bits per heavy atom. The summed E-state index contributed by atoms with van der Waals surface area (Å²) in [5.74, 6) is 1.16. The van der Waals surface area contributed by atoms with Crippen LogP contribution in [0.15, 0.2) is 50.2 Å². The van der Waals surface area contributed by atoms with Crippen LogP contribution in [-0.4, -0.2) is 34.0 Å². The van der Waals surface area contributed by atoms with Crippen molar-refractivity contribution >= 4 is 41.9 Å². The summed E-state index contributed by atoms with van der Waals surface area (Å²) < 4.78 is 38.6. The van der Waals surface area contributed by atoms with Gasteiger partial charge in [0.05, 0.1) is 19.1 Å². The van der Waals surface area contributed by atoms with E-state index in [2.05, 4.69) is 31.9 Å². The quantitative estimate of drug-likeness (QED) is 0.628. The molecule has 0 heterocycles. The van der Waals surface area contributed by atoms with Crippen molar-refractivity contribution in [3.05, 3.63) is 50.9 Å². The first-order valence-corrected chi connectivity index (χ1v) is 9.94. The van der Waals surface area contributed by atoms with Crippen molar-refractivity contribution < 1.29 is 17.9 Å². The highest BCUT2D eigenvalue weighted by molar-refractivity contribution is 9.11. The molecule has 0 atom stereocenters. The van der Waals surface area contributed by atoms with Crippen LogP contribution in [0.5, 0.6) is 11.5 Å². The zero-order valence-corrected chi connectivity index (χ0v) is 17.4. The number of sulfonamides is 1. The summed E-state index contributed by atoms with van der Waals surface area (Å²) in [6.45, 7) is 0.210. The molecule has 0 unspecified atom stereocenters. The van der Waals surface area contributed by atoms with Crippen LogP contribution in [0, 0.1) is 0 Å². The maximum atomic E-state index is 12.8. The monoisotopic (exact) mass is 477 g/mol. The SMILES string of the molecule is COc1ccc(CN(C)S(=O)(=O)c2cc(Br)ccc2Br)cc1OC. The first-order chi connectivity index (χ1) is 11.3. The Bertz CT molecular complexity index is 840. The number of hydrogen-bond donors (Lipinski definition) is 0. The Hall–Kier alpha value is -1.09. The van der Waals surface area contributed by atoms with Gasteiger partial charge in [-0.15, -0.1) is 0 Å². The van der Waals surface area contributed by atoms with Crippen molar-refractivity contribution in [3.8, 4) is 11.5 Å². The molecule has 0 aliphatic carbocycles. The molecular weight excluding hydrogens is 462 g/mol. The van der Waals surface area contributed by atoms with Gasteiger partial charge in [0.25, 0.3) is 0 Å². The number of halogens is 2.